The number of fused-ring (bicyclic) bond motifs is 1. The molecule has 0 radical (unpaired) electrons. The number of hydrogen-bond acceptors (Lipinski definition) is 5. The van der Waals surface area contributed by atoms with Crippen molar-refractivity contribution in [2.45, 2.75) is 13.3 Å². The Morgan fingerprint density at radius 1 is 1.12 bits per heavy atom. The van der Waals surface area contributed by atoms with Crippen LogP contribution < -0.4 is 20.6 Å². The fourth-order valence-electron chi connectivity index (χ4n) is 2.68. The zero-order valence-electron chi connectivity index (χ0n) is 14.4. The van der Waals surface area contributed by atoms with Crippen molar-refractivity contribution in [1.29, 1.82) is 0 Å². The van der Waals surface area contributed by atoms with Crippen LogP contribution in [-0.2, 0) is 0 Å². The first-order chi connectivity index (χ1) is 12.1. The number of nitrogens with two attached hydrogens (primary N) is 1. The minimum Gasteiger partial charge on any atom is -0.496 e. The molecule has 2 N–H and O–H groups in total. The Bertz CT molecular complexity index is 929. The van der Waals surface area contributed by atoms with Gasteiger partial charge in [-0.15, -0.1) is 0 Å². The van der Waals surface area contributed by atoms with Crippen LogP contribution in [0.1, 0.15) is 12.0 Å². The molecule has 1 heterocycles. The van der Waals surface area contributed by atoms with Gasteiger partial charge in [0.25, 0.3) is 0 Å². The van der Waals surface area contributed by atoms with Gasteiger partial charge in [-0.3, -0.25) is 4.79 Å². The van der Waals surface area contributed by atoms with Gasteiger partial charge in [-0.05, 0) is 61.9 Å². The average molecular weight is 339 g/mol. The summed E-state index contributed by atoms with van der Waals surface area (Å²) < 4.78 is 16.9. The molecule has 0 fully saturated rings. The van der Waals surface area contributed by atoms with Crippen LogP contribution in [0.2, 0.25) is 0 Å². The van der Waals surface area contributed by atoms with Crippen molar-refractivity contribution in [1.82, 2.24) is 0 Å². The Kier molecular flexibility index (Phi) is 5.05. The van der Waals surface area contributed by atoms with Gasteiger partial charge in [0.05, 0.1) is 13.7 Å². The number of hydrogen-bond donors (Lipinski definition) is 1. The quantitative estimate of drug-likeness (QED) is 0.696. The van der Waals surface area contributed by atoms with E-state index in [-0.39, 0.29) is 5.43 Å². The minimum atomic E-state index is -0.128. The Morgan fingerprint density at radius 2 is 1.88 bits per heavy atom. The summed E-state index contributed by atoms with van der Waals surface area (Å²) in [7, 11) is 1.55. The summed E-state index contributed by atoms with van der Waals surface area (Å²) in [5.41, 5.74) is 7.62. The lowest BCUT2D eigenvalue weighted by Crippen LogP contribution is -2.06. The van der Waals surface area contributed by atoms with Crippen LogP contribution in [0.3, 0.4) is 0 Å². The highest BCUT2D eigenvalue weighted by molar-refractivity contribution is 5.85. The molecule has 2 aromatic carbocycles. The topological polar surface area (TPSA) is 74.7 Å². The third-order valence-corrected chi connectivity index (χ3v) is 3.91. The predicted molar refractivity (Wildman–Crippen MR) is 98.4 cm³/mol. The first kappa shape index (κ1) is 17.0. The van der Waals surface area contributed by atoms with Crippen LogP contribution in [0.25, 0.3) is 22.3 Å². The van der Waals surface area contributed by atoms with E-state index >= 15 is 0 Å². The summed E-state index contributed by atoms with van der Waals surface area (Å²) >= 11 is 0. The van der Waals surface area contributed by atoms with E-state index in [1.165, 1.54) is 6.07 Å². The second kappa shape index (κ2) is 7.40. The second-order valence-corrected chi connectivity index (χ2v) is 5.83. The van der Waals surface area contributed by atoms with E-state index in [0.29, 0.717) is 35.6 Å². The standard InChI is InChI=1S/C20H21NO4/c1-13-10-18(23-2)20-16(22)12-17(25-19(20)11-13)14-4-6-15(7-5-14)24-9-3-8-21/h4-7,10-12H,3,8-9,21H2,1-2H3. The van der Waals surface area contributed by atoms with E-state index in [9.17, 15) is 4.79 Å². The molecule has 0 saturated carbocycles. The Labute approximate surface area is 146 Å². The fraction of sp³-hybridized carbons (Fsp3) is 0.250. The molecular weight excluding hydrogens is 318 g/mol. The first-order valence-corrected chi connectivity index (χ1v) is 8.18. The maximum Gasteiger partial charge on any atom is 0.197 e. The van der Waals surface area contributed by atoms with E-state index in [1.54, 1.807) is 7.11 Å². The van der Waals surface area contributed by atoms with Crippen molar-refractivity contribution in [2.75, 3.05) is 20.3 Å². The number of ether oxygens (including phenoxy) is 2. The molecule has 0 unspecified atom stereocenters. The van der Waals surface area contributed by atoms with Gasteiger partial charge in [0, 0.05) is 11.6 Å². The van der Waals surface area contributed by atoms with Crippen LogP contribution in [0.5, 0.6) is 11.5 Å². The molecule has 0 aliphatic heterocycles. The van der Waals surface area contributed by atoms with Gasteiger partial charge < -0.3 is 19.6 Å². The summed E-state index contributed by atoms with van der Waals surface area (Å²) in [6.07, 6.45) is 0.808. The zero-order chi connectivity index (χ0) is 17.8. The highest BCUT2D eigenvalue weighted by Crippen LogP contribution is 2.29. The molecule has 5 heteroatoms. The van der Waals surface area contributed by atoms with Crippen LogP contribution in [0.15, 0.2) is 51.7 Å². The van der Waals surface area contributed by atoms with E-state index < -0.39 is 0 Å². The second-order valence-electron chi connectivity index (χ2n) is 5.83. The molecule has 25 heavy (non-hydrogen) atoms. The lowest BCUT2D eigenvalue weighted by atomic mass is 10.1. The molecule has 0 bridgehead atoms. The van der Waals surface area contributed by atoms with Gasteiger partial charge in [-0.25, -0.2) is 0 Å². The molecule has 0 amide bonds. The maximum absolute atomic E-state index is 12.5. The van der Waals surface area contributed by atoms with Crippen molar-refractivity contribution in [3.05, 3.63) is 58.3 Å². The molecule has 0 spiro atoms. The van der Waals surface area contributed by atoms with Gasteiger partial charge in [-0.1, -0.05) is 0 Å². The van der Waals surface area contributed by atoms with Gasteiger partial charge in [-0.2, -0.15) is 0 Å². The third kappa shape index (κ3) is 3.67. The highest BCUT2D eigenvalue weighted by Gasteiger charge is 2.12. The molecule has 130 valence electrons. The summed E-state index contributed by atoms with van der Waals surface area (Å²) in [6, 6.07) is 12.6. The minimum absolute atomic E-state index is 0.128. The van der Waals surface area contributed by atoms with E-state index in [2.05, 4.69) is 0 Å². The van der Waals surface area contributed by atoms with Crippen molar-refractivity contribution in [2.24, 2.45) is 5.73 Å². The smallest absolute Gasteiger partial charge is 0.197 e. The van der Waals surface area contributed by atoms with E-state index in [0.717, 1.165) is 23.3 Å². The Morgan fingerprint density at radius 3 is 2.56 bits per heavy atom. The van der Waals surface area contributed by atoms with Gasteiger partial charge in [0.15, 0.2) is 5.43 Å². The lowest BCUT2D eigenvalue weighted by Gasteiger charge is -2.09. The summed E-state index contributed by atoms with van der Waals surface area (Å²) in [6.45, 7) is 3.12. The van der Waals surface area contributed by atoms with Crippen molar-refractivity contribution >= 4 is 11.0 Å². The van der Waals surface area contributed by atoms with Gasteiger partial charge in [0.2, 0.25) is 0 Å². The molecule has 3 aromatic rings. The van der Waals surface area contributed by atoms with Crippen molar-refractivity contribution < 1.29 is 13.9 Å². The van der Waals surface area contributed by atoms with Crippen LogP contribution in [-0.4, -0.2) is 20.3 Å². The summed E-state index contributed by atoms with van der Waals surface area (Å²) in [4.78, 5) is 12.5. The number of methoxy groups -OCH3 is 1. The molecule has 0 aliphatic rings. The van der Waals surface area contributed by atoms with Gasteiger partial charge in [0.1, 0.15) is 28.2 Å². The number of benzene rings is 2. The zero-order valence-corrected chi connectivity index (χ0v) is 14.4. The largest absolute Gasteiger partial charge is 0.496 e. The Hall–Kier alpha value is -2.79. The third-order valence-electron chi connectivity index (χ3n) is 3.91. The molecular formula is C20H21NO4. The molecule has 5 nitrogen and oxygen atoms in total. The molecule has 0 atom stereocenters. The number of aryl methyl sites for hydroxylation is 1. The molecule has 1 aromatic heterocycles. The molecule has 3 rings (SSSR count). The summed E-state index contributed by atoms with van der Waals surface area (Å²) in [5, 5.41) is 0.457. The van der Waals surface area contributed by atoms with Crippen LogP contribution >= 0.6 is 0 Å². The maximum atomic E-state index is 12.5. The SMILES string of the molecule is COc1cc(C)cc2oc(-c3ccc(OCCCN)cc3)cc(=O)c12. The normalized spacial score (nSPS) is 10.8. The van der Waals surface area contributed by atoms with Crippen LogP contribution in [0, 0.1) is 6.92 Å². The van der Waals surface area contributed by atoms with E-state index in [1.807, 2.05) is 43.3 Å². The average Bonchev–Trinajstić information content (AvgIpc) is 2.61. The fourth-order valence-corrected chi connectivity index (χ4v) is 2.68. The van der Waals surface area contributed by atoms with Crippen molar-refractivity contribution in [3.8, 4) is 22.8 Å². The Balaban J connectivity index is 1.97. The predicted octanol–water partition coefficient (Wildman–Crippen LogP) is 3.50. The molecule has 0 aliphatic carbocycles. The first-order valence-electron chi connectivity index (χ1n) is 8.18. The van der Waals surface area contributed by atoms with Crippen LogP contribution in [0.4, 0.5) is 0 Å². The van der Waals surface area contributed by atoms with Gasteiger partial charge >= 0.3 is 0 Å². The lowest BCUT2D eigenvalue weighted by molar-refractivity contribution is 0.313. The highest BCUT2D eigenvalue weighted by atomic mass is 16.5. The van der Waals surface area contributed by atoms with Crippen molar-refractivity contribution in [3.63, 3.8) is 0 Å². The summed E-state index contributed by atoms with van der Waals surface area (Å²) in [5.74, 6) is 1.80. The van der Waals surface area contributed by atoms with E-state index in [4.69, 9.17) is 19.6 Å². The monoisotopic (exact) mass is 339 g/mol. The number of rotatable bonds is 6. The molecule has 0 saturated heterocycles.